The molecule has 1 aliphatic heterocycles. The molecule has 4 rings (SSSR count). The van der Waals surface area contributed by atoms with Crippen molar-refractivity contribution < 1.29 is 14.7 Å². The van der Waals surface area contributed by atoms with Crippen LogP contribution in [-0.4, -0.2) is 32.9 Å². The van der Waals surface area contributed by atoms with Gasteiger partial charge in [0.2, 0.25) is 0 Å². The van der Waals surface area contributed by atoms with Gasteiger partial charge in [0.25, 0.3) is 5.91 Å². The number of hydrazine groups is 1. The summed E-state index contributed by atoms with van der Waals surface area (Å²) < 4.78 is 1.53. The maximum atomic E-state index is 12.1. The van der Waals surface area contributed by atoms with Crippen LogP contribution in [0, 0.1) is 18.3 Å². The third kappa shape index (κ3) is 3.13. The number of nitrogens with zero attached hydrogens (tertiary/aromatic N) is 4. The lowest BCUT2D eigenvalue weighted by atomic mass is 10.1. The van der Waals surface area contributed by atoms with Gasteiger partial charge in [0.1, 0.15) is 11.4 Å². The van der Waals surface area contributed by atoms with Crippen LogP contribution in [0.1, 0.15) is 5.56 Å². The van der Waals surface area contributed by atoms with Crippen LogP contribution < -0.4 is 15.8 Å². The molecule has 11 heteroatoms. The molecule has 3 aromatic rings. The molecule has 0 bridgehead atoms. The Labute approximate surface area is 174 Å². The molecule has 2 aromatic carbocycles. The Morgan fingerprint density at radius 1 is 1.21 bits per heavy atom. The topological polar surface area (TPSA) is 123 Å². The number of imide groups is 1. The minimum Gasteiger partial charge on any atom is -0.508 e. The molecule has 1 unspecified atom stereocenters. The predicted octanol–water partition coefficient (Wildman–Crippen LogP) is 2.80. The number of nitriles is 1. The summed E-state index contributed by atoms with van der Waals surface area (Å²) in [5.74, 6) is -0.599. The Bertz CT molecular complexity index is 1210. The van der Waals surface area contributed by atoms with E-state index in [0.29, 0.717) is 22.2 Å². The van der Waals surface area contributed by atoms with E-state index in [4.69, 9.17) is 28.5 Å². The van der Waals surface area contributed by atoms with E-state index in [1.54, 1.807) is 31.3 Å². The third-order valence-corrected chi connectivity index (χ3v) is 5.02. The number of hydrogen-bond donors (Lipinski definition) is 3. The Kier molecular flexibility index (Phi) is 4.55. The van der Waals surface area contributed by atoms with Gasteiger partial charge < -0.3 is 5.11 Å². The van der Waals surface area contributed by atoms with Crippen molar-refractivity contribution in [2.45, 2.75) is 13.0 Å². The number of halogens is 2. The quantitative estimate of drug-likeness (QED) is 0.574. The molecule has 29 heavy (non-hydrogen) atoms. The van der Waals surface area contributed by atoms with Crippen LogP contribution >= 0.6 is 23.2 Å². The summed E-state index contributed by atoms with van der Waals surface area (Å²) >= 11 is 12.9. The number of urea groups is 1. The van der Waals surface area contributed by atoms with Gasteiger partial charge in [0, 0.05) is 5.39 Å². The lowest BCUT2D eigenvalue weighted by Gasteiger charge is -2.30. The van der Waals surface area contributed by atoms with Crippen LogP contribution in [0.4, 0.5) is 10.5 Å². The lowest BCUT2D eigenvalue weighted by molar-refractivity contribution is -0.121. The molecule has 0 radical (unpaired) electrons. The first-order chi connectivity index (χ1) is 13.8. The fraction of sp³-hybridized carbons (Fsp3) is 0.111. The number of fused-ring (bicyclic) bond motifs is 1. The van der Waals surface area contributed by atoms with Gasteiger partial charge >= 0.3 is 6.03 Å². The van der Waals surface area contributed by atoms with Crippen molar-refractivity contribution >= 4 is 51.7 Å². The highest BCUT2D eigenvalue weighted by Gasteiger charge is 2.33. The zero-order chi connectivity index (χ0) is 20.9. The zero-order valence-electron chi connectivity index (χ0n) is 14.8. The molecule has 9 nitrogen and oxygen atoms in total. The van der Waals surface area contributed by atoms with Gasteiger partial charge in [-0.2, -0.15) is 15.8 Å². The Morgan fingerprint density at radius 3 is 2.55 bits per heavy atom. The second kappa shape index (κ2) is 6.93. The molecule has 2 heterocycles. The van der Waals surface area contributed by atoms with Crippen molar-refractivity contribution in [2.75, 3.05) is 5.01 Å². The molecule has 1 aromatic heterocycles. The number of hydrogen-bond acceptors (Lipinski definition) is 6. The highest BCUT2D eigenvalue weighted by Crippen LogP contribution is 2.36. The number of phenols is 1. The first-order valence-corrected chi connectivity index (χ1v) is 9.03. The summed E-state index contributed by atoms with van der Waals surface area (Å²) in [5.41, 5.74) is 4.47. The van der Waals surface area contributed by atoms with Crippen LogP contribution in [0.25, 0.3) is 16.6 Å². The molecule has 1 atom stereocenters. The number of carbonyl (C=O) groups excluding carboxylic acids is 2. The molecule has 3 N–H and O–H groups in total. The molecule has 146 valence electrons. The monoisotopic (exact) mass is 430 g/mol. The largest absolute Gasteiger partial charge is 0.508 e. The number of anilines is 1. The van der Waals surface area contributed by atoms with E-state index in [2.05, 4.69) is 15.8 Å². The second-order valence-corrected chi connectivity index (χ2v) is 7.15. The average molecular weight is 431 g/mol. The third-order valence-electron chi connectivity index (χ3n) is 4.44. The van der Waals surface area contributed by atoms with Crippen LogP contribution in [0.2, 0.25) is 10.0 Å². The molecular weight excluding hydrogens is 419 g/mol. The van der Waals surface area contributed by atoms with Crippen molar-refractivity contribution in [3.05, 3.63) is 46.1 Å². The van der Waals surface area contributed by atoms with E-state index < -0.39 is 18.0 Å². The van der Waals surface area contributed by atoms with Crippen LogP contribution in [0.3, 0.4) is 0 Å². The van der Waals surface area contributed by atoms with Crippen molar-refractivity contribution in [1.82, 2.24) is 20.5 Å². The number of phenolic OH excluding ortho intramolecular Hbond substituents is 1. The first kappa shape index (κ1) is 19.0. The van der Waals surface area contributed by atoms with E-state index in [9.17, 15) is 14.7 Å². The predicted molar refractivity (Wildman–Crippen MR) is 106 cm³/mol. The van der Waals surface area contributed by atoms with Crippen molar-refractivity contribution in [2.24, 2.45) is 0 Å². The SMILES string of the molecule is Cc1cc2c(cnn2-c2c(Cl)cc(N3NC(C#N)C(=O)NC3=O)cc2Cl)cc1O. The van der Waals surface area contributed by atoms with Crippen LogP contribution in [0.5, 0.6) is 5.75 Å². The summed E-state index contributed by atoms with van der Waals surface area (Å²) in [5, 5.41) is 27.4. The number of benzene rings is 2. The Balaban J connectivity index is 1.79. The fourth-order valence-corrected chi connectivity index (χ4v) is 3.62. The van der Waals surface area contributed by atoms with E-state index in [1.165, 1.54) is 16.8 Å². The second-order valence-electron chi connectivity index (χ2n) is 6.33. The summed E-state index contributed by atoms with van der Waals surface area (Å²) in [4.78, 5) is 23.7. The van der Waals surface area contributed by atoms with Crippen molar-refractivity contribution in [3.63, 3.8) is 0 Å². The van der Waals surface area contributed by atoms with E-state index >= 15 is 0 Å². The number of rotatable bonds is 2. The minimum atomic E-state index is -1.24. The molecule has 1 fully saturated rings. The summed E-state index contributed by atoms with van der Waals surface area (Å²) in [6.07, 6.45) is 1.57. The smallest absolute Gasteiger partial charge is 0.343 e. The average Bonchev–Trinajstić information content (AvgIpc) is 3.04. The molecule has 0 spiro atoms. The normalized spacial score (nSPS) is 16.8. The number of carbonyl (C=O) groups is 2. The standard InChI is InChI=1S/C18H12Cl2N6O3/c1-8-2-14-9(3-15(8)27)7-22-26(14)16-11(19)4-10(5-12(16)20)25-18(29)23-17(28)13(6-21)24-25/h2-5,7,13,24,27H,1H3,(H,23,28,29). The van der Waals surface area contributed by atoms with Gasteiger partial charge in [0.05, 0.1) is 33.5 Å². The van der Waals surface area contributed by atoms with E-state index in [1.807, 2.05) is 0 Å². The molecular formula is C18H12Cl2N6O3. The van der Waals surface area contributed by atoms with Gasteiger partial charge in [-0.05, 0) is 36.8 Å². The maximum Gasteiger partial charge on any atom is 0.343 e. The minimum absolute atomic E-state index is 0.147. The fourth-order valence-electron chi connectivity index (χ4n) is 2.99. The van der Waals surface area contributed by atoms with E-state index in [0.717, 1.165) is 5.01 Å². The van der Waals surface area contributed by atoms with Crippen molar-refractivity contribution in [3.8, 4) is 17.5 Å². The zero-order valence-corrected chi connectivity index (χ0v) is 16.3. The lowest BCUT2D eigenvalue weighted by Crippen LogP contribution is -2.64. The number of aryl methyl sites for hydroxylation is 1. The van der Waals surface area contributed by atoms with Gasteiger partial charge in [-0.3, -0.25) is 10.1 Å². The first-order valence-electron chi connectivity index (χ1n) is 8.27. The number of aromatic hydroxyl groups is 1. The highest BCUT2D eigenvalue weighted by atomic mass is 35.5. The highest BCUT2D eigenvalue weighted by molar-refractivity contribution is 6.38. The van der Waals surface area contributed by atoms with E-state index in [-0.39, 0.29) is 21.5 Å². The Morgan fingerprint density at radius 2 is 1.90 bits per heavy atom. The maximum absolute atomic E-state index is 12.1. The molecule has 0 aliphatic carbocycles. The Hall–Kier alpha value is -3.32. The van der Waals surface area contributed by atoms with Gasteiger partial charge in [0.15, 0.2) is 6.04 Å². The van der Waals surface area contributed by atoms with Crippen molar-refractivity contribution in [1.29, 1.82) is 5.26 Å². The van der Waals surface area contributed by atoms with Gasteiger partial charge in [-0.25, -0.2) is 14.5 Å². The number of aromatic nitrogens is 2. The molecule has 3 amide bonds. The summed E-state index contributed by atoms with van der Waals surface area (Å²) in [6, 6.07) is 6.00. The van der Waals surface area contributed by atoms with Crippen LogP contribution in [0.15, 0.2) is 30.5 Å². The number of amides is 3. The molecule has 1 saturated heterocycles. The van der Waals surface area contributed by atoms with Gasteiger partial charge in [-0.15, -0.1) is 0 Å². The molecule has 1 aliphatic rings. The molecule has 0 saturated carbocycles. The van der Waals surface area contributed by atoms with Crippen LogP contribution in [-0.2, 0) is 4.79 Å². The van der Waals surface area contributed by atoms with Gasteiger partial charge in [-0.1, -0.05) is 23.2 Å². The summed E-state index contributed by atoms with van der Waals surface area (Å²) in [6.45, 7) is 1.76. The summed E-state index contributed by atoms with van der Waals surface area (Å²) in [7, 11) is 0. The number of nitrogens with one attached hydrogen (secondary N) is 2.